The standard InChI is InChI=1S/C20H22N4O2/c1-13(2)23-11-16(5-10-19(23)25)20(26)22-17-6-8-18(9-7-17)24-12-21-14(3)15(24)4/h5-13H,1-4H3,(H,22,26). The number of carbonyl (C=O) groups excluding carboxylic acids is 1. The Morgan fingerprint density at radius 2 is 1.77 bits per heavy atom. The third-order valence-electron chi connectivity index (χ3n) is 4.41. The summed E-state index contributed by atoms with van der Waals surface area (Å²) in [6.45, 7) is 7.79. The fourth-order valence-corrected chi connectivity index (χ4v) is 2.71. The Kier molecular flexibility index (Phi) is 4.75. The number of hydrogen-bond acceptors (Lipinski definition) is 3. The average Bonchev–Trinajstić information content (AvgIpc) is 2.95. The van der Waals surface area contributed by atoms with Crippen LogP contribution in [0.5, 0.6) is 0 Å². The number of hydrogen-bond donors (Lipinski definition) is 1. The van der Waals surface area contributed by atoms with E-state index in [4.69, 9.17) is 0 Å². The SMILES string of the molecule is Cc1ncn(-c2ccc(NC(=O)c3ccc(=O)n(C(C)C)c3)cc2)c1C. The topological polar surface area (TPSA) is 68.9 Å². The largest absolute Gasteiger partial charge is 0.322 e. The number of rotatable bonds is 4. The molecule has 2 heterocycles. The molecule has 1 aromatic carbocycles. The molecule has 0 unspecified atom stereocenters. The van der Waals surface area contributed by atoms with Gasteiger partial charge in [-0.1, -0.05) is 0 Å². The number of aryl methyl sites for hydroxylation is 1. The van der Waals surface area contributed by atoms with Crippen LogP contribution in [0.4, 0.5) is 5.69 Å². The molecule has 0 aliphatic rings. The van der Waals surface area contributed by atoms with Crippen LogP contribution < -0.4 is 10.9 Å². The van der Waals surface area contributed by atoms with Crippen LogP contribution in [0, 0.1) is 13.8 Å². The van der Waals surface area contributed by atoms with Crippen molar-refractivity contribution in [1.82, 2.24) is 14.1 Å². The molecule has 0 saturated heterocycles. The minimum absolute atomic E-state index is 0.00332. The van der Waals surface area contributed by atoms with Crippen molar-refractivity contribution in [2.75, 3.05) is 5.32 Å². The molecular weight excluding hydrogens is 328 g/mol. The Labute approximate surface area is 152 Å². The van der Waals surface area contributed by atoms with Gasteiger partial charge in [0.25, 0.3) is 11.5 Å². The van der Waals surface area contributed by atoms with Crippen LogP contribution in [0.3, 0.4) is 0 Å². The second kappa shape index (κ2) is 7.00. The van der Waals surface area contributed by atoms with Crippen molar-refractivity contribution >= 4 is 11.6 Å². The highest BCUT2D eigenvalue weighted by Gasteiger charge is 2.10. The van der Waals surface area contributed by atoms with E-state index in [0.29, 0.717) is 11.3 Å². The van der Waals surface area contributed by atoms with Crippen LogP contribution in [0.1, 0.15) is 41.6 Å². The first-order valence-electron chi connectivity index (χ1n) is 8.51. The highest BCUT2D eigenvalue weighted by Crippen LogP contribution is 2.17. The normalized spacial score (nSPS) is 11.0. The molecule has 0 aliphatic heterocycles. The molecule has 0 fully saturated rings. The molecule has 3 rings (SSSR count). The van der Waals surface area contributed by atoms with Gasteiger partial charge in [-0.15, -0.1) is 0 Å². The van der Waals surface area contributed by atoms with Gasteiger partial charge in [-0.05, 0) is 58.0 Å². The second-order valence-corrected chi connectivity index (χ2v) is 6.54. The lowest BCUT2D eigenvalue weighted by atomic mass is 10.2. The smallest absolute Gasteiger partial charge is 0.257 e. The summed E-state index contributed by atoms with van der Waals surface area (Å²) < 4.78 is 3.54. The van der Waals surface area contributed by atoms with Crippen molar-refractivity contribution in [3.05, 3.63) is 76.2 Å². The number of pyridine rings is 1. The van der Waals surface area contributed by atoms with Gasteiger partial charge in [0.2, 0.25) is 0 Å². The van der Waals surface area contributed by atoms with Gasteiger partial charge in [0, 0.05) is 35.4 Å². The van der Waals surface area contributed by atoms with Crippen molar-refractivity contribution in [3.63, 3.8) is 0 Å². The van der Waals surface area contributed by atoms with Gasteiger partial charge in [-0.2, -0.15) is 0 Å². The van der Waals surface area contributed by atoms with Crippen LogP contribution in [-0.4, -0.2) is 20.0 Å². The molecule has 26 heavy (non-hydrogen) atoms. The van der Waals surface area contributed by atoms with E-state index in [1.807, 2.05) is 56.5 Å². The maximum Gasteiger partial charge on any atom is 0.257 e. The molecule has 0 atom stereocenters. The maximum absolute atomic E-state index is 12.5. The number of anilines is 1. The molecule has 3 aromatic rings. The first-order chi connectivity index (χ1) is 12.4. The quantitative estimate of drug-likeness (QED) is 0.783. The summed E-state index contributed by atoms with van der Waals surface area (Å²) in [5, 5.41) is 2.86. The second-order valence-electron chi connectivity index (χ2n) is 6.54. The minimum atomic E-state index is -0.248. The van der Waals surface area contributed by atoms with Gasteiger partial charge < -0.3 is 14.5 Å². The number of carbonyl (C=O) groups is 1. The van der Waals surface area contributed by atoms with E-state index in [1.165, 1.54) is 6.07 Å². The minimum Gasteiger partial charge on any atom is -0.322 e. The summed E-state index contributed by atoms with van der Waals surface area (Å²) in [7, 11) is 0. The predicted molar refractivity (Wildman–Crippen MR) is 102 cm³/mol. The van der Waals surface area contributed by atoms with Crippen LogP contribution in [-0.2, 0) is 0 Å². The van der Waals surface area contributed by atoms with E-state index < -0.39 is 0 Å². The number of imidazole rings is 1. The highest BCUT2D eigenvalue weighted by atomic mass is 16.2. The lowest BCUT2D eigenvalue weighted by Crippen LogP contribution is -2.23. The number of nitrogens with one attached hydrogen (secondary N) is 1. The lowest BCUT2D eigenvalue weighted by molar-refractivity contribution is 0.102. The summed E-state index contributed by atoms with van der Waals surface area (Å²) in [5.41, 5.74) is 4.07. The van der Waals surface area contributed by atoms with E-state index in [0.717, 1.165) is 17.1 Å². The van der Waals surface area contributed by atoms with Gasteiger partial charge in [0.1, 0.15) is 0 Å². The van der Waals surface area contributed by atoms with Gasteiger partial charge >= 0.3 is 0 Å². The zero-order chi connectivity index (χ0) is 18.8. The molecule has 0 radical (unpaired) electrons. The molecular formula is C20H22N4O2. The van der Waals surface area contributed by atoms with E-state index >= 15 is 0 Å². The van der Waals surface area contributed by atoms with E-state index in [-0.39, 0.29) is 17.5 Å². The number of amides is 1. The third-order valence-corrected chi connectivity index (χ3v) is 4.41. The molecule has 134 valence electrons. The van der Waals surface area contributed by atoms with Crippen molar-refractivity contribution in [1.29, 1.82) is 0 Å². The Morgan fingerprint density at radius 3 is 2.35 bits per heavy atom. The zero-order valence-corrected chi connectivity index (χ0v) is 15.4. The van der Waals surface area contributed by atoms with Crippen LogP contribution in [0.2, 0.25) is 0 Å². The fraction of sp³-hybridized carbons (Fsp3) is 0.250. The number of nitrogens with zero attached hydrogens (tertiary/aromatic N) is 3. The van der Waals surface area contributed by atoms with Crippen LogP contribution in [0.15, 0.2) is 53.7 Å². The van der Waals surface area contributed by atoms with Gasteiger partial charge in [0.15, 0.2) is 0 Å². The van der Waals surface area contributed by atoms with Crippen LogP contribution >= 0.6 is 0 Å². The first-order valence-corrected chi connectivity index (χ1v) is 8.51. The Hall–Kier alpha value is -3.15. The molecule has 2 aromatic heterocycles. The molecule has 1 amide bonds. The molecule has 0 saturated carbocycles. The van der Waals surface area contributed by atoms with E-state index in [1.54, 1.807) is 23.2 Å². The highest BCUT2D eigenvalue weighted by molar-refractivity contribution is 6.04. The molecule has 6 heteroatoms. The number of aromatic nitrogens is 3. The Morgan fingerprint density at radius 1 is 1.08 bits per heavy atom. The van der Waals surface area contributed by atoms with Crippen molar-refractivity contribution in [2.45, 2.75) is 33.7 Å². The van der Waals surface area contributed by atoms with Gasteiger partial charge in [-0.25, -0.2) is 4.98 Å². The summed E-state index contributed by atoms with van der Waals surface area (Å²) in [6, 6.07) is 10.5. The number of benzene rings is 1. The van der Waals surface area contributed by atoms with Gasteiger partial charge in [-0.3, -0.25) is 9.59 Å². The summed E-state index contributed by atoms with van der Waals surface area (Å²) in [6.07, 6.45) is 3.38. The van der Waals surface area contributed by atoms with Crippen molar-refractivity contribution in [2.24, 2.45) is 0 Å². The van der Waals surface area contributed by atoms with Crippen LogP contribution in [0.25, 0.3) is 5.69 Å². The fourth-order valence-electron chi connectivity index (χ4n) is 2.71. The summed E-state index contributed by atoms with van der Waals surface area (Å²) in [5.74, 6) is -0.248. The molecule has 0 aliphatic carbocycles. The Balaban J connectivity index is 1.79. The molecule has 0 bridgehead atoms. The van der Waals surface area contributed by atoms with Crippen molar-refractivity contribution < 1.29 is 4.79 Å². The zero-order valence-electron chi connectivity index (χ0n) is 15.4. The average molecular weight is 350 g/mol. The third kappa shape index (κ3) is 3.44. The van der Waals surface area contributed by atoms with E-state index in [9.17, 15) is 9.59 Å². The van der Waals surface area contributed by atoms with Gasteiger partial charge in [0.05, 0.1) is 17.6 Å². The van der Waals surface area contributed by atoms with E-state index in [2.05, 4.69) is 10.3 Å². The van der Waals surface area contributed by atoms with Crippen molar-refractivity contribution in [3.8, 4) is 5.69 Å². The Bertz CT molecular complexity index is 997. The summed E-state index contributed by atoms with van der Waals surface area (Å²) in [4.78, 5) is 28.6. The summed E-state index contributed by atoms with van der Waals surface area (Å²) >= 11 is 0. The monoisotopic (exact) mass is 350 g/mol. The lowest BCUT2D eigenvalue weighted by Gasteiger charge is -2.12. The molecule has 0 spiro atoms. The maximum atomic E-state index is 12.5. The molecule has 6 nitrogen and oxygen atoms in total. The predicted octanol–water partition coefficient (Wildman–Crippen LogP) is 3.48. The molecule has 1 N–H and O–H groups in total. The first kappa shape index (κ1) is 17.7.